The van der Waals surface area contributed by atoms with Gasteiger partial charge in [0, 0.05) is 17.3 Å². The van der Waals surface area contributed by atoms with Crippen molar-refractivity contribution in [3.05, 3.63) is 64.8 Å². The van der Waals surface area contributed by atoms with Crippen LogP contribution in [0.4, 0.5) is 5.69 Å². The molecular weight excluding hydrogens is 380 g/mol. The van der Waals surface area contributed by atoms with E-state index >= 15 is 0 Å². The fraction of sp³-hybridized carbons (Fsp3) is 0.292. The Morgan fingerprint density at radius 2 is 1.86 bits per heavy atom. The van der Waals surface area contributed by atoms with Gasteiger partial charge in [0.25, 0.3) is 0 Å². The van der Waals surface area contributed by atoms with E-state index in [2.05, 4.69) is 29.0 Å². The molecule has 2 aromatic heterocycles. The molecule has 0 aliphatic heterocycles. The molecule has 0 unspecified atom stereocenters. The number of benzene rings is 2. The summed E-state index contributed by atoms with van der Waals surface area (Å²) in [5.41, 5.74) is 2.93. The number of nitrogens with zero attached hydrogens (tertiary/aromatic N) is 2. The molecule has 0 radical (unpaired) electrons. The molecule has 0 bridgehead atoms. The van der Waals surface area contributed by atoms with Crippen LogP contribution in [0, 0.1) is 0 Å². The van der Waals surface area contributed by atoms with E-state index in [1.54, 1.807) is 18.4 Å². The van der Waals surface area contributed by atoms with Gasteiger partial charge in [-0.15, -0.1) is 11.3 Å². The van der Waals surface area contributed by atoms with Gasteiger partial charge in [-0.25, -0.2) is 4.99 Å². The predicted molar refractivity (Wildman–Crippen MR) is 120 cm³/mol. The van der Waals surface area contributed by atoms with Crippen molar-refractivity contribution in [3.63, 3.8) is 0 Å². The van der Waals surface area contributed by atoms with Gasteiger partial charge in [0.15, 0.2) is 10.6 Å². The fourth-order valence-corrected chi connectivity index (χ4v) is 4.34. The lowest BCUT2D eigenvalue weighted by Crippen LogP contribution is -2.15. The van der Waals surface area contributed by atoms with Gasteiger partial charge >= 0.3 is 0 Å². The summed E-state index contributed by atoms with van der Waals surface area (Å²) < 4.78 is 13.7. The second-order valence-corrected chi connectivity index (χ2v) is 7.91. The zero-order chi connectivity index (χ0) is 20.1. The molecule has 4 nitrogen and oxygen atoms in total. The maximum Gasteiger partial charge on any atom is 0.190 e. The van der Waals surface area contributed by atoms with Crippen LogP contribution in [0.25, 0.3) is 22.4 Å². The van der Waals surface area contributed by atoms with Crippen LogP contribution < -0.4 is 9.54 Å². The van der Waals surface area contributed by atoms with Crippen LogP contribution in [0.15, 0.2) is 69.4 Å². The lowest BCUT2D eigenvalue weighted by atomic mass is 10.2. The van der Waals surface area contributed by atoms with Gasteiger partial charge in [-0.2, -0.15) is 0 Å². The van der Waals surface area contributed by atoms with E-state index in [9.17, 15) is 0 Å². The van der Waals surface area contributed by atoms with Crippen molar-refractivity contribution in [3.8, 4) is 17.2 Å². The fourth-order valence-electron chi connectivity index (χ4n) is 3.40. The maximum atomic E-state index is 6.14. The Bertz CT molecular complexity index is 1100. The quantitative estimate of drug-likeness (QED) is 0.302. The standard InChI is InChI=1S/C24H26N2O2S/c1-3-4-5-8-15-26-21(23-16-18-9-6-7-10-22(18)28-23)17-29-24(26)25-19-11-13-20(27-2)14-12-19/h6-7,9-14,16-17H,3-5,8,15H2,1-2H3. The van der Waals surface area contributed by atoms with Gasteiger partial charge in [-0.3, -0.25) is 0 Å². The van der Waals surface area contributed by atoms with Crippen LogP contribution in [0.3, 0.4) is 0 Å². The highest BCUT2D eigenvalue weighted by Gasteiger charge is 2.13. The van der Waals surface area contributed by atoms with E-state index in [1.165, 1.54) is 19.3 Å². The molecule has 2 heterocycles. The largest absolute Gasteiger partial charge is 0.497 e. The molecule has 4 aromatic rings. The lowest BCUT2D eigenvalue weighted by Gasteiger charge is -2.07. The van der Waals surface area contributed by atoms with Crippen LogP contribution in [0.1, 0.15) is 32.6 Å². The van der Waals surface area contributed by atoms with Crippen molar-refractivity contribution < 1.29 is 9.15 Å². The normalized spacial score (nSPS) is 12.0. The zero-order valence-corrected chi connectivity index (χ0v) is 17.7. The Labute approximate surface area is 175 Å². The number of hydrogen-bond acceptors (Lipinski definition) is 4. The number of furan rings is 1. The summed E-state index contributed by atoms with van der Waals surface area (Å²) in [4.78, 5) is 5.89. The van der Waals surface area contributed by atoms with Gasteiger partial charge < -0.3 is 13.7 Å². The number of methoxy groups -OCH3 is 1. The molecule has 0 aliphatic carbocycles. The second-order valence-electron chi connectivity index (χ2n) is 7.07. The SMILES string of the molecule is CCCCCCn1c(-c2cc3ccccc3o2)csc1=Nc1ccc(OC)cc1. The van der Waals surface area contributed by atoms with Crippen molar-refractivity contribution in [1.29, 1.82) is 0 Å². The Morgan fingerprint density at radius 3 is 2.62 bits per heavy atom. The zero-order valence-electron chi connectivity index (χ0n) is 16.9. The Kier molecular flexibility index (Phi) is 6.15. The number of aromatic nitrogens is 1. The van der Waals surface area contributed by atoms with Crippen molar-refractivity contribution in [1.82, 2.24) is 4.57 Å². The Morgan fingerprint density at radius 1 is 1.03 bits per heavy atom. The molecule has 0 fully saturated rings. The van der Waals surface area contributed by atoms with Crippen LogP contribution >= 0.6 is 11.3 Å². The molecule has 2 aromatic carbocycles. The first-order valence-electron chi connectivity index (χ1n) is 10.1. The molecular formula is C24H26N2O2S. The number of rotatable bonds is 8. The van der Waals surface area contributed by atoms with E-state index in [0.717, 1.165) is 51.6 Å². The smallest absolute Gasteiger partial charge is 0.190 e. The lowest BCUT2D eigenvalue weighted by molar-refractivity contribution is 0.415. The van der Waals surface area contributed by atoms with Crippen molar-refractivity contribution in [2.75, 3.05) is 7.11 Å². The third-order valence-electron chi connectivity index (χ3n) is 5.01. The van der Waals surface area contributed by atoms with E-state index in [1.807, 2.05) is 42.5 Å². The van der Waals surface area contributed by atoms with Crippen LogP contribution in [-0.4, -0.2) is 11.7 Å². The monoisotopic (exact) mass is 406 g/mol. The number of para-hydroxylation sites is 1. The molecule has 0 aliphatic rings. The summed E-state index contributed by atoms with van der Waals surface area (Å²) in [6.07, 6.45) is 4.85. The minimum absolute atomic E-state index is 0.838. The summed E-state index contributed by atoms with van der Waals surface area (Å²) in [6.45, 7) is 3.17. The molecule has 0 spiro atoms. The van der Waals surface area contributed by atoms with Gasteiger partial charge in [0.1, 0.15) is 11.3 Å². The van der Waals surface area contributed by atoms with Crippen LogP contribution in [0.5, 0.6) is 5.75 Å². The number of ether oxygens (including phenoxy) is 1. The van der Waals surface area contributed by atoms with E-state index in [-0.39, 0.29) is 0 Å². The molecule has 5 heteroatoms. The third-order valence-corrected chi connectivity index (χ3v) is 5.87. The van der Waals surface area contributed by atoms with Crippen LogP contribution in [0.2, 0.25) is 0 Å². The molecule has 0 amide bonds. The highest BCUT2D eigenvalue weighted by molar-refractivity contribution is 7.07. The van der Waals surface area contributed by atoms with Crippen molar-refractivity contribution >= 4 is 28.0 Å². The van der Waals surface area contributed by atoms with Crippen molar-refractivity contribution in [2.45, 2.75) is 39.2 Å². The molecule has 0 saturated carbocycles. The van der Waals surface area contributed by atoms with E-state index in [0.29, 0.717) is 0 Å². The summed E-state index contributed by atoms with van der Waals surface area (Å²) in [5, 5.41) is 3.28. The minimum atomic E-state index is 0.838. The Balaban J connectivity index is 1.73. The third kappa shape index (κ3) is 4.46. The average molecular weight is 407 g/mol. The van der Waals surface area contributed by atoms with Gasteiger partial charge in [-0.1, -0.05) is 44.4 Å². The minimum Gasteiger partial charge on any atom is -0.497 e. The van der Waals surface area contributed by atoms with E-state index in [4.69, 9.17) is 14.1 Å². The molecule has 4 rings (SSSR count). The van der Waals surface area contributed by atoms with Gasteiger partial charge in [0.2, 0.25) is 0 Å². The van der Waals surface area contributed by atoms with Gasteiger partial charge in [0.05, 0.1) is 18.5 Å². The van der Waals surface area contributed by atoms with Crippen LogP contribution in [-0.2, 0) is 6.54 Å². The molecule has 0 atom stereocenters. The molecule has 29 heavy (non-hydrogen) atoms. The number of unbranched alkanes of at least 4 members (excludes halogenated alkanes) is 3. The summed E-state index contributed by atoms with van der Waals surface area (Å²) >= 11 is 1.65. The maximum absolute atomic E-state index is 6.14. The van der Waals surface area contributed by atoms with Crippen molar-refractivity contribution in [2.24, 2.45) is 4.99 Å². The molecule has 0 saturated heterocycles. The first-order valence-corrected chi connectivity index (χ1v) is 11.0. The van der Waals surface area contributed by atoms with Gasteiger partial charge in [-0.05, 0) is 42.8 Å². The summed E-state index contributed by atoms with van der Waals surface area (Å²) in [7, 11) is 1.68. The first-order chi connectivity index (χ1) is 14.3. The number of thiazole rings is 1. The summed E-state index contributed by atoms with van der Waals surface area (Å²) in [5.74, 6) is 1.74. The van der Waals surface area contributed by atoms with E-state index < -0.39 is 0 Å². The first kappa shape index (κ1) is 19.5. The topological polar surface area (TPSA) is 39.7 Å². The molecule has 0 N–H and O–H groups in total. The predicted octanol–water partition coefficient (Wildman–Crippen LogP) is 6.78. The number of fused-ring (bicyclic) bond motifs is 1. The molecule has 150 valence electrons. The highest BCUT2D eigenvalue weighted by atomic mass is 32.1. The number of hydrogen-bond donors (Lipinski definition) is 0. The Hall–Kier alpha value is -2.79. The second kappa shape index (κ2) is 9.14. The average Bonchev–Trinajstić information content (AvgIpc) is 3.35. The highest BCUT2D eigenvalue weighted by Crippen LogP contribution is 2.28. The summed E-state index contributed by atoms with van der Waals surface area (Å²) in [6, 6.07) is 18.1.